The zero-order chi connectivity index (χ0) is 29.0. The van der Waals surface area contributed by atoms with Crippen LogP contribution in [0.3, 0.4) is 0 Å². The second-order valence-corrected chi connectivity index (χ2v) is 11.3. The summed E-state index contributed by atoms with van der Waals surface area (Å²) in [4.78, 5) is 26.4. The summed E-state index contributed by atoms with van der Waals surface area (Å²) in [7, 11) is 0. The van der Waals surface area contributed by atoms with Crippen molar-refractivity contribution in [2.24, 2.45) is 0 Å². The Morgan fingerprint density at radius 1 is 0.738 bits per heavy atom. The molecule has 7 rings (SSSR count). The van der Waals surface area contributed by atoms with Gasteiger partial charge in [-0.05, 0) is 78.8 Å². The number of hydrogen-bond donors (Lipinski definition) is 0. The smallest absolute Gasteiger partial charge is 0.197 e. The van der Waals surface area contributed by atoms with Crippen LogP contribution in [0.2, 0.25) is 0 Å². The number of nitrogens with zero attached hydrogens (tertiary/aromatic N) is 1. The summed E-state index contributed by atoms with van der Waals surface area (Å²) in [6.07, 6.45) is 8.42. The summed E-state index contributed by atoms with van der Waals surface area (Å²) in [5, 5.41) is 4.59. The molecule has 0 N–H and O–H groups in total. The normalized spacial score (nSPS) is 14.3. The molecule has 5 aromatic carbocycles. The van der Waals surface area contributed by atoms with E-state index in [9.17, 15) is 9.59 Å². The average molecular weight is 546 g/mol. The molecule has 0 unspecified atom stereocenters. The first kappa shape index (κ1) is 25.9. The van der Waals surface area contributed by atoms with E-state index in [1.165, 1.54) is 21.9 Å². The van der Waals surface area contributed by atoms with Crippen molar-refractivity contribution in [1.82, 2.24) is 4.57 Å². The fraction of sp³-hybridized carbons (Fsp3) is 0.128. The van der Waals surface area contributed by atoms with Crippen molar-refractivity contribution in [2.75, 3.05) is 0 Å². The summed E-state index contributed by atoms with van der Waals surface area (Å²) < 4.78 is 2.35. The fourth-order valence-corrected chi connectivity index (χ4v) is 6.25. The van der Waals surface area contributed by atoms with Gasteiger partial charge in [0.25, 0.3) is 0 Å². The predicted molar refractivity (Wildman–Crippen MR) is 175 cm³/mol. The second-order valence-electron chi connectivity index (χ2n) is 11.3. The molecule has 6 aromatic rings. The Bertz CT molecular complexity index is 2160. The summed E-state index contributed by atoms with van der Waals surface area (Å²) in [5.41, 5.74) is 8.82. The van der Waals surface area contributed by atoms with E-state index < -0.39 is 0 Å². The highest BCUT2D eigenvalue weighted by Gasteiger charge is 2.33. The minimum absolute atomic E-state index is 0.198. The highest BCUT2D eigenvalue weighted by atomic mass is 16.2. The number of fused-ring (bicyclic) bond motifs is 6. The number of hydrogen-bond acceptors (Lipinski definition) is 2. The van der Waals surface area contributed by atoms with Crippen LogP contribution in [0.25, 0.3) is 50.4 Å². The molecule has 1 aliphatic rings. The maximum atomic E-state index is 13.2. The molecule has 0 radical (unpaired) electrons. The Morgan fingerprint density at radius 2 is 1.57 bits per heavy atom. The van der Waals surface area contributed by atoms with E-state index in [0.717, 1.165) is 51.5 Å². The number of aromatic nitrogens is 1. The summed E-state index contributed by atoms with van der Waals surface area (Å²) in [6, 6.07) is 31.2. The van der Waals surface area contributed by atoms with Gasteiger partial charge in [0.05, 0.1) is 16.6 Å². The van der Waals surface area contributed by atoms with Gasteiger partial charge in [-0.1, -0.05) is 91.7 Å². The number of carbonyl (C=O) groups excluding carboxylic acids is 2. The van der Waals surface area contributed by atoms with E-state index in [0.29, 0.717) is 11.1 Å². The molecule has 0 aliphatic heterocycles. The van der Waals surface area contributed by atoms with Crippen molar-refractivity contribution >= 4 is 56.3 Å². The quantitative estimate of drug-likeness (QED) is 0.160. The number of unbranched alkanes of at least 4 members (excludes halogenated alkanes) is 1. The molecule has 1 aliphatic carbocycles. The lowest BCUT2D eigenvalue weighted by Crippen LogP contribution is -2.00. The molecule has 1 aromatic heterocycles. The van der Waals surface area contributed by atoms with Gasteiger partial charge in [-0.2, -0.15) is 0 Å². The van der Waals surface area contributed by atoms with Gasteiger partial charge in [0, 0.05) is 33.0 Å². The number of aryl methyl sites for hydroxylation is 2. The molecule has 0 saturated carbocycles. The highest BCUT2D eigenvalue weighted by Crippen LogP contribution is 2.38. The van der Waals surface area contributed by atoms with Crippen LogP contribution in [0.5, 0.6) is 0 Å². The molecular formula is C39H31NO2. The van der Waals surface area contributed by atoms with Gasteiger partial charge in [-0.3, -0.25) is 9.59 Å². The van der Waals surface area contributed by atoms with Gasteiger partial charge in [-0.15, -0.1) is 0 Å². The molecule has 0 saturated heterocycles. The molecule has 0 bridgehead atoms. The largest absolute Gasteiger partial charge is 0.309 e. The van der Waals surface area contributed by atoms with E-state index in [4.69, 9.17) is 0 Å². The first-order chi connectivity index (χ1) is 20.4. The zero-order valence-corrected chi connectivity index (χ0v) is 24.1. The SMILES string of the molecule is CCC/C=C\c1ccc(-n2c3ccc(C=C4C(=O)c5ccc(C)cc5C4=O)cc3c3ccc4ccccc4c32)cc1C. The monoisotopic (exact) mass is 545 g/mol. The Kier molecular flexibility index (Phi) is 6.24. The van der Waals surface area contributed by atoms with E-state index in [-0.39, 0.29) is 17.1 Å². The molecule has 42 heavy (non-hydrogen) atoms. The summed E-state index contributed by atoms with van der Waals surface area (Å²) in [6.45, 7) is 6.30. The Hall–Kier alpha value is -5.02. The first-order valence-corrected chi connectivity index (χ1v) is 14.6. The second kappa shape index (κ2) is 10.1. The molecule has 204 valence electrons. The van der Waals surface area contributed by atoms with Crippen LogP contribution in [0, 0.1) is 13.8 Å². The van der Waals surface area contributed by atoms with Crippen LogP contribution in [0.4, 0.5) is 0 Å². The number of ketones is 2. The molecule has 1 heterocycles. The number of carbonyl (C=O) groups is 2. The Balaban J connectivity index is 1.43. The van der Waals surface area contributed by atoms with Crippen molar-refractivity contribution in [2.45, 2.75) is 33.6 Å². The number of rotatable bonds is 5. The van der Waals surface area contributed by atoms with Crippen LogP contribution in [0.1, 0.15) is 62.7 Å². The zero-order valence-electron chi connectivity index (χ0n) is 24.1. The highest BCUT2D eigenvalue weighted by molar-refractivity contribution is 6.41. The van der Waals surface area contributed by atoms with Crippen molar-refractivity contribution in [3.05, 3.63) is 136 Å². The minimum atomic E-state index is -0.202. The lowest BCUT2D eigenvalue weighted by atomic mass is 10.0. The van der Waals surface area contributed by atoms with Gasteiger partial charge in [0.2, 0.25) is 0 Å². The lowest BCUT2D eigenvalue weighted by molar-refractivity contribution is 0.0990. The van der Waals surface area contributed by atoms with Crippen LogP contribution in [-0.4, -0.2) is 16.1 Å². The topological polar surface area (TPSA) is 39.1 Å². The lowest BCUT2D eigenvalue weighted by Gasteiger charge is -2.12. The van der Waals surface area contributed by atoms with Gasteiger partial charge in [0.15, 0.2) is 11.6 Å². The van der Waals surface area contributed by atoms with Crippen molar-refractivity contribution in [3.8, 4) is 5.69 Å². The summed E-state index contributed by atoms with van der Waals surface area (Å²) >= 11 is 0. The Labute approximate surface area is 245 Å². The van der Waals surface area contributed by atoms with Crippen molar-refractivity contribution in [1.29, 1.82) is 0 Å². The van der Waals surface area contributed by atoms with E-state index >= 15 is 0 Å². The third-order valence-electron chi connectivity index (χ3n) is 8.40. The van der Waals surface area contributed by atoms with Gasteiger partial charge in [-0.25, -0.2) is 0 Å². The molecular weight excluding hydrogens is 514 g/mol. The number of Topliss-reactive ketones (excluding diaryl/α,β-unsaturated/α-hetero) is 2. The molecule has 3 nitrogen and oxygen atoms in total. The molecule has 0 fully saturated rings. The predicted octanol–water partition coefficient (Wildman–Crippen LogP) is 9.83. The van der Waals surface area contributed by atoms with Crippen LogP contribution < -0.4 is 0 Å². The Morgan fingerprint density at radius 3 is 2.40 bits per heavy atom. The van der Waals surface area contributed by atoms with Crippen LogP contribution in [-0.2, 0) is 0 Å². The first-order valence-electron chi connectivity index (χ1n) is 14.6. The van der Waals surface area contributed by atoms with Gasteiger partial charge in [0.1, 0.15) is 0 Å². The molecule has 3 heteroatoms. The molecule has 0 spiro atoms. The van der Waals surface area contributed by atoms with Crippen LogP contribution in [0.15, 0.2) is 103 Å². The summed E-state index contributed by atoms with van der Waals surface area (Å²) in [5.74, 6) is -0.400. The average Bonchev–Trinajstić information content (AvgIpc) is 3.45. The van der Waals surface area contributed by atoms with Gasteiger partial charge < -0.3 is 4.57 Å². The maximum absolute atomic E-state index is 13.2. The molecule has 0 atom stereocenters. The third-order valence-corrected chi connectivity index (χ3v) is 8.40. The van der Waals surface area contributed by atoms with Gasteiger partial charge >= 0.3 is 0 Å². The third kappa shape index (κ3) is 4.12. The van der Waals surface area contributed by atoms with E-state index in [1.807, 2.05) is 25.1 Å². The maximum Gasteiger partial charge on any atom is 0.197 e. The van der Waals surface area contributed by atoms with Crippen LogP contribution >= 0.6 is 0 Å². The fourth-order valence-electron chi connectivity index (χ4n) is 6.25. The van der Waals surface area contributed by atoms with Crippen molar-refractivity contribution in [3.63, 3.8) is 0 Å². The van der Waals surface area contributed by atoms with E-state index in [2.05, 4.69) is 97.3 Å². The molecule has 0 amide bonds. The van der Waals surface area contributed by atoms with E-state index in [1.54, 1.807) is 12.1 Å². The van der Waals surface area contributed by atoms with Crippen molar-refractivity contribution < 1.29 is 9.59 Å². The minimum Gasteiger partial charge on any atom is -0.309 e. The standard InChI is InChI=1S/C39H31NO2/c1-4-5-6-9-27-14-16-29(21-25(27)3)40-36-19-13-26(23-35-38(41)32-17-12-24(2)20-34(32)39(35)42)22-33(36)31-18-15-28-10-7-8-11-30(28)37(31)40/h6-23H,4-5H2,1-3H3/b9-6-,35-23?. The number of benzene rings is 5. The number of allylic oxidation sites excluding steroid dienone is 2.